The number of hydrogen-bond acceptors (Lipinski definition) is 4. The van der Waals surface area contributed by atoms with E-state index in [-0.39, 0.29) is 21.8 Å². The van der Waals surface area contributed by atoms with Crippen molar-refractivity contribution in [2.75, 3.05) is 5.32 Å². The van der Waals surface area contributed by atoms with E-state index in [1.807, 2.05) is 0 Å². The third-order valence-electron chi connectivity index (χ3n) is 5.38. The second kappa shape index (κ2) is 7.76. The number of H-pyrrole nitrogens is 1. The van der Waals surface area contributed by atoms with Gasteiger partial charge in [-0.3, -0.25) is 4.79 Å². The van der Waals surface area contributed by atoms with Crippen LogP contribution in [0.1, 0.15) is 38.4 Å². The molecule has 0 spiro atoms. The molecule has 0 radical (unpaired) electrons. The highest BCUT2D eigenvalue weighted by molar-refractivity contribution is 7.90. The van der Waals surface area contributed by atoms with Gasteiger partial charge in [0.15, 0.2) is 9.84 Å². The molecule has 1 aromatic heterocycles. The van der Waals surface area contributed by atoms with Crippen LogP contribution in [0.3, 0.4) is 0 Å². The first-order valence-electron chi connectivity index (χ1n) is 9.64. The summed E-state index contributed by atoms with van der Waals surface area (Å²) in [7, 11) is -3.76. The monoisotopic (exact) mass is 454 g/mol. The van der Waals surface area contributed by atoms with Crippen molar-refractivity contribution >= 4 is 39.1 Å². The van der Waals surface area contributed by atoms with Crippen LogP contribution in [0.2, 0.25) is 0 Å². The molecule has 3 N–H and O–H groups in total. The standard InChI is InChI=1S/C23H19FN2O5S/c1-12-20(25-13(2)21(12)23(28)29)10-18-17-9-16(7-8-19(17)26-22(18)27)32(30,31)11-14-3-5-15(24)6-4-14/h3-10,25H,11H2,1-2H3,(H,26,27)(H,28,29)/b18-10-. The summed E-state index contributed by atoms with van der Waals surface area (Å²) in [5, 5.41) is 12.1. The fourth-order valence-corrected chi connectivity index (χ4v) is 5.14. The highest BCUT2D eigenvalue weighted by atomic mass is 32.2. The minimum atomic E-state index is -3.76. The lowest BCUT2D eigenvalue weighted by Crippen LogP contribution is -2.05. The zero-order valence-corrected chi connectivity index (χ0v) is 18.0. The number of nitrogens with one attached hydrogen (secondary N) is 2. The van der Waals surface area contributed by atoms with Crippen LogP contribution in [-0.2, 0) is 20.4 Å². The summed E-state index contributed by atoms with van der Waals surface area (Å²) in [6, 6.07) is 9.56. The lowest BCUT2D eigenvalue weighted by Gasteiger charge is -2.07. The van der Waals surface area contributed by atoms with Crippen LogP contribution < -0.4 is 5.32 Å². The van der Waals surface area contributed by atoms with Gasteiger partial charge in [0.1, 0.15) is 5.82 Å². The van der Waals surface area contributed by atoms with Crippen molar-refractivity contribution in [3.8, 4) is 0 Å². The van der Waals surface area contributed by atoms with Gasteiger partial charge in [0.2, 0.25) is 0 Å². The van der Waals surface area contributed by atoms with Crippen LogP contribution in [-0.4, -0.2) is 30.4 Å². The molecule has 2 aromatic carbocycles. The topological polar surface area (TPSA) is 116 Å². The summed E-state index contributed by atoms with van der Waals surface area (Å²) in [4.78, 5) is 27.0. The number of amides is 1. The largest absolute Gasteiger partial charge is 0.478 e. The fourth-order valence-electron chi connectivity index (χ4n) is 3.77. The van der Waals surface area contributed by atoms with Crippen molar-refractivity contribution in [2.24, 2.45) is 0 Å². The van der Waals surface area contributed by atoms with Gasteiger partial charge in [-0.15, -0.1) is 0 Å². The van der Waals surface area contributed by atoms with Gasteiger partial charge in [-0.05, 0) is 61.4 Å². The molecule has 1 aliphatic heterocycles. The first-order valence-corrected chi connectivity index (χ1v) is 11.3. The molecule has 0 aliphatic carbocycles. The quantitative estimate of drug-likeness (QED) is 0.505. The van der Waals surface area contributed by atoms with Gasteiger partial charge in [-0.2, -0.15) is 0 Å². The molecule has 4 rings (SSSR count). The number of carboxylic acid groups (broad SMARTS) is 1. The van der Waals surface area contributed by atoms with Crippen LogP contribution in [0, 0.1) is 19.7 Å². The van der Waals surface area contributed by atoms with Gasteiger partial charge in [0.05, 0.1) is 21.8 Å². The number of anilines is 1. The molecular formula is C23H19FN2O5S. The molecule has 0 unspecified atom stereocenters. The molecule has 1 aliphatic rings. The zero-order chi connectivity index (χ0) is 23.2. The number of carbonyl (C=O) groups is 2. The number of fused-ring (bicyclic) bond motifs is 1. The number of sulfone groups is 1. The molecule has 0 fully saturated rings. The molecule has 0 atom stereocenters. The maximum Gasteiger partial charge on any atom is 0.337 e. The molecule has 32 heavy (non-hydrogen) atoms. The Bertz CT molecular complexity index is 1400. The normalized spacial score (nSPS) is 14.5. The first kappa shape index (κ1) is 21.5. The van der Waals surface area contributed by atoms with Gasteiger partial charge >= 0.3 is 5.97 Å². The van der Waals surface area contributed by atoms with Crippen molar-refractivity contribution in [1.29, 1.82) is 0 Å². The molecule has 0 saturated heterocycles. The lowest BCUT2D eigenvalue weighted by atomic mass is 10.0. The molecule has 164 valence electrons. The number of aromatic nitrogens is 1. The van der Waals surface area contributed by atoms with E-state index < -0.39 is 27.5 Å². The van der Waals surface area contributed by atoms with E-state index in [1.165, 1.54) is 48.5 Å². The minimum absolute atomic E-state index is 0.0218. The Kier molecular flexibility index (Phi) is 5.21. The van der Waals surface area contributed by atoms with E-state index in [0.717, 1.165) is 0 Å². The van der Waals surface area contributed by atoms with Crippen LogP contribution >= 0.6 is 0 Å². The van der Waals surface area contributed by atoms with E-state index in [4.69, 9.17) is 0 Å². The number of benzene rings is 2. The summed E-state index contributed by atoms with van der Waals surface area (Å²) >= 11 is 0. The van der Waals surface area contributed by atoms with Crippen molar-refractivity contribution in [2.45, 2.75) is 24.5 Å². The number of halogens is 1. The van der Waals surface area contributed by atoms with Crippen LogP contribution in [0.4, 0.5) is 10.1 Å². The first-order chi connectivity index (χ1) is 15.1. The average Bonchev–Trinajstić information content (AvgIpc) is 3.18. The van der Waals surface area contributed by atoms with Gasteiger partial charge in [0.25, 0.3) is 5.91 Å². The number of aryl methyl sites for hydroxylation is 1. The van der Waals surface area contributed by atoms with Gasteiger partial charge in [-0.1, -0.05) is 12.1 Å². The molecule has 1 amide bonds. The molecule has 0 bridgehead atoms. The summed E-state index contributed by atoms with van der Waals surface area (Å²) in [5.41, 5.74) is 3.04. The average molecular weight is 454 g/mol. The van der Waals surface area contributed by atoms with Gasteiger partial charge < -0.3 is 15.4 Å². The second-order valence-corrected chi connectivity index (χ2v) is 9.56. The molecule has 9 heteroatoms. The van der Waals surface area contributed by atoms with Gasteiger partial charge in [-0.25, -0.2) is 17.6 Å². The van der Waals surface area contributed by atoms with Gasteiger partial charge in [0, 0.05) is 22.6 Å². The van der Waals surface area contributed by atoms with E-state index in [0.29, 0.717) is 33.8 Å². The van der Waals surface area contributed by atoms with Crippen LogP contribution in [0.25, 0.3) is 11.6 Å². The SMILES string of the molecule is Cc1[nH]c(/C=C2\C(=O)Nc3ccc(S(=O)(=O)Cc4ccc(F)cc4)cc32)c(C)c1C(=O)O. The van der Waals surface area contributed by atoms with Crippen molar-refractivity contribution in [3.63, 3.8) is 0 Å². The van der Waals surface area contributed by atoms with E-state index in [2.05, 4.69) is 10.3 Å². The summed E-state index contributed by atoms with van der Waals surface area (Å²) in [6.45, 7) is 3.26. The number of hydrogen-bond donors (Lipinski definition) is 3. The van der Waals surface area contributed by atoms with E-state index >= 15 is 0 Å². The zero-order valence-electron chi connectivity index (χ0n) is 17.2. The van der Waals surface area contributed by atoms with Crippen LogP contribution in [0.5, 0.6) is 0 Å². The van der Waals surface area contributed by atoms with Crippen molar-refractivity contribution in [3.05, 3.63) is 81.9 Å². The summed E-state index contributed by atoms with van der Waals surface area (Å²) in [5.74, 6) is -2.27. The summed E-state index contributed by atoms with van der Waals surface area (Å²) < 4.78 is 39.0. The summed E-state index contributed by atoms with van der Waals surface area (Å²) in [6.07, 6.45) is 1.52. The highest BCUT2D eigenvalue weighted by Crippen LogP contribution is 2.36. The Morgan fingerprint density at radius 2 is 1.81 bits per heavy atom. The smallest absolute Gasteiger partial charge is 0.337 e. The minimum Gasteiger partial charge on any atom is -0.478 e. The Morgan fingerprint density at radius 1 is 1.12 bits per heavy atom. The Morgan fingerprint density at radius 3 is 2.44 bits per heavy atom. The maximum absolute atomic E-state index is 13.1. The van der Waals surface area contributed by atoms with E-state index in [1.54, 1.807) is 13.8 Å². The fraction of sp³-hybridized carbons (Fsp3) is 0.130. The number of aromatic carboxylic acids is 1. The number of aromatic amines is 1. The second-order valence-electron chi connectivity index (χ2n) is 7.57. The Hall–Kier alpha value is -3.72. The Balaban J connectivity index is 1.74. The van der Waals surface area contributed by atoms with Crippen molar-refractivity contribution in [1.82, 2.24) is 4.98 Å². The predicted molar refractivity (Wildman–Crippen MR) is 117 cm³/mol. The number of carbonyl (C=O) groups excluding carboxylic acids is 1. The lowest BCUT2D eigenvalue weighted by molar-refractivity contribution is -0.110. The van der Waals surface area contributed by atoms with Crippen LogP contribution in [0.15, 0.2) is 47.4 Å². The molecular weight excluding hydrogens is 435 g/mol. The number of rotatable bonds is 5. The molecule has 0 saturated carbocycles. The third-order valence-corrected chi connectivity index (χ3v) is 7.07. The highest BCUT2D eigenvalue weighted by Gasteiger charge is 2.28. The Labute approximate surface area is 183 Å². The molecule has 7 nitrogen and oxygen atoms in total. The number of carboxylic acids is 1. The molecule has 2 heterocycles. The third kappa shape index (κ3) is 3.82. The van der Waals surface area contributed by atoms with Crippen molar-refractivity contribution < 1.29 is 27.5 Å². The predicted octanol–water partition coefficient (Wildman–Crippen LogP) is 3.94. The maximum atomic E-state index is 13.1. The molecule has 3 aromatic rings. The van der Waals surface area contributed by atoms with E-state index in [9.17, 15) is 27.5 Å².